The number of rotatable bonds is 8. The zero-order chi connectivity index (χ0) is 19.2. The average Bonchev–Trinajstić information content (AvgIpc) is 2.56. The van der Waals surface area contributed by atoms with Crippen molar-refractivity contribution in [2.24, 2.45) is 0 Å². The summed E-state index contributed by atoms with van der Waals surface area (Å²) >= 11 is 5.90. The number of hydrogen-bond acceptors (Lipinski definition) is 4. The normalized spacial score (nSPS) is 10.8. The van der Waals surface area contributed by atoms with Crippen molar-refractivity contribution in [2.45, 2.75) is 24.7 Å². The van der Waals surface area contributed by atoms with Crippen LogP contribution in [0, 0.1) is 6.92 Å². The lowest BCUT2D eigenvalue weighted by atomic mass is 10.2. The van der Waals surface area contributed by atoms with Crippen molar-refractivity contribution in [2.75, 3.05) is 23.6 Å². The van der Waals surface area contributed by atoms with E-state index >= 15 is 0 Å². The molecule has 0 atom stereocenters. The summed E-state index contributed by atoms with van der Waals surface area (Å²) in [4.78, 5) is 12.0. The quantitative estimate of drug-likeness (QED) is 0.554. The first-order chi connectivity index (χ1) is 12.3. The van der Waals surface area contributed by atoms with Gasteiger partial charge in [-0.3, -0.25) is 9.52 Å². The van der Waals surface area contributed by atoms with E-state index in [1.54, 1.807) is 37.3 Å². The highest BCUT2D eigenvalue weighted by atomic mass is 35.5. The number of hydrogen-bond donors (Lipinski definition) is 3. The SMILES string of the molecule is CNCCCC(=O)Nc1ccc(C)c(S(=O)(=O)Nc2cccc(Cl)c2)c1.Cl. The van der Waals surface area contributed by atoms with Crippen LogP contribution in [0.3, 0.4) is 0 Å². The number of amides is 1. The molecule has 2 rings (SSSR count). The van der Waals surface area contributed by atoms with Gasteiger partial charge in [-0.25, -0.2) is 8.42 Å². The van der Waals surface area contributed by atoms with Crippen LogP contribution in [-0.2, 0) is 14.8 Å². The minimum atomic E-state index is -3.81. The summed E-state index contributed by atoms with van der Waals surface area (Å²) in [5, 5.41) is 6.14. The highest BCUT2D eigenvalue weighted by Gasteiger charge is 2.18. The van der Waals surface area contributed by atoms with Crippen molar-refractivity contribution in [1.29, 1.82) is 0 Å². The van der Waals surface area contributed by atoms with Crippen LogP contribution in [0.4, 0.5) is 11.4 Å². The van der Waals surface area contributed by atoms with E-state index < -0.39 is 10.0 Å². The Bertz CT molecular complexity index is 889. The van der Waals surface area contributed by atoms with Gasteiger partial charge in [0.2, 0.25) is 5.91 Å². The first-order valence-corrected chi connectivity index (χ1v) is 10.0. The molecule has 148 valence electrons. The van der Waals surface area contributed by atoms with Crippen LogP contribution < -0.4 is 15.4 Å². The van der Waals surface area contributed by atoms with E-state index in [2.05, 4.69) is 15.4 Å². The maximum Gasteiger partial charge on any atom is 0.262 e. The summed E-state index contributed by atoms with van der Waals surface area (Å²) in [5.41, 5.74) is 1.39. The van der Waals surface area contributed by atoms with Gasteiger partial charge in [-0.15, -0.1) is 12.4 Å². The van der Waals surface area contributed by atoms with Gasteiger partial charge in [0, 0.05) is 17.1 Å². The van der Waals surface area contributed by atoms with E-state index in [4.69, 9.17) is 11.6 Å². The maximum absolute atomic E-state index is 12.7. The lowest BCUT2D eigenvalue weighted by Gasteiger charge is -2.13. The second kappa shape index (κ2) is 10.5. The fourth-order valence-corrected chi connectivity index (χ4v) is 3.89. The molecule has 0 radical (unpaired) electrons. The van der Waals surface area contributed by atoms with Gasteiger partial charge < -0.3 is 10.6 Å². The molecule has 3 N–H and O–H groups in total. The van der Waals surface area contributed by atoms with Crippen molar-refractivity contribution in [3.05, 3.63) is 53.1 Å². The van der Waals surface area contributed by atoms with Gasteiger partial charge in [0.25, 0.3) is 10.0 Å². The summed E-state index contributed by atoms with van der Waals surface area (Å²) in [6, 6.07) is 11.3. The Balaban J connectivity index is 0.00000364. The number of carbonyl (C=O) groups is 1. The van der Waals surface area contributed by atoms with Crippen molar-refractivity contribution in [3.63, 3.8) is 0 Å². The minimum absolute atomic E-state index is 0. The molecule has 9 heteroatoms. The van der Waals surface area contributed by atoms with Gasteiger partial charge in [0.05, 0.1) is 10.6 Å². The molecule has 27 heavy (non-hydrogen) atoms. The van der Waals surface area contributed by atoms with E-state index in [1.165, 1.54) is 12.1 Å². The van der Waals surface area contributed by atoms with Crippen molar-refractivity contribution >= 4 is 51.3 Å². The molecule has 0 bridgehead atoms. The predicted octanol–water partition coefficient (Wildman–Crippen LogP) is 3.81. The lowest BCUT2D eigenvalue weighted by Crippen LogP contribution is -2.17. The largest absolute Gasteiger partial charge is 0.326 e. The number of benzene rings is 2. The second-order valence-electron chi connectivity index (χ2n) is 5.85. The van der Waals surface area contributed by atoms with Gasteiger partial charge in [-0.1, -0.05) is 23.7 Å². The molecule has 0 aliphatic carbocycles. The molecule has 0 saturated carbocycles. The van der Waals surface area contributed by atoms with Gasteiger partial charge in [-0.05, 0) is 62.8 Å². The van der Waals surface area contributed by atoms with Crippen molar-refractivity contribution < 1.29 is 13.2 Å². The molecule has 1 amide bonds. The summed E-state index contributed by atoms with van der Waals surface area (Å²) in [6.45, 7) is 2.44. The first kappa shape index (κ1) is 23.2. The first-order valence-electron chi connectivity index (χ1n) is 8.15. The zero-order valence-electron chi connectivity index (χ0n) is 15.1. The Morgan fingerprint density at radius 2 is 1.85 bits per heavy atom. The number of anilines is 2. The van der Waals surface area contributed by atoms with Gasteiger partial charge in [0.15, 0.2) is 0 Å². The van der Waals surface area contributed by atoms with Crippen molar-refractivity contribution in [3.8, 4) is 0 Å². The molecule has 0 aromatic heterocycles. The number of nitrogens with one attached hydrogen (secondary N) is 3. The molecule has 2 aromatic rings. The van der Waals surface area contributed by atoms with E-state index in [-0.39, 0.29) is 23.2 Å². The molecular formula is C18H23Cl2N3O3S. The van der Waals surface area contributed by atoms with Gasteiger partial charge in [-0.2, -0.15) is 0 Å². The molecule has 6 nitrogen and oxygen atoms in total. The highest BCUT2D eigenvalue weighted by molar-refractivity contribution is 7.92. The smallest absolute Gasteiger partial charge is 0.262 e. The summed E-state index contributed by atoms with van der Waals surface area (Å²) < 4.78 is 27.9. The van der Waals surface area contributed by atoms with E-state index in [1.807, 2.05) is 7.05 Å². The average molecular weight is 432 g/mol. The molecule has 0 unspecified atom stereocenters. The number of sulfonamides is 1. The van der Waals surface area contributed by atoms with Crippen LogP contribution in [0.5, 0.6) is 0 Å². The van der Waals surface area contributed by atoms with Gasteiger partial charge in [0.1, 0.15) is 0 Å². The summed E-state index contributed by atoms with van der Waals surface area (Å²) in [5.74, 6) is -0.157. The van der Waals surface area contributed by atoms with E-state index in [0.29, 0.717) is 34.8 Å². The molecule has 0 fully saturated rings. The highest BCUT2D eigenvalue weighted by Crippen LogP contribution is 2.24. The predicted molar refractivity (Wildman–Crippen MR) is 112 cm³/mol. The third-order valence-electron chi connectivity index (χ3n) is 3.67. The summed E-state index contributed by atoms with van der Waals surface area (Å²) in [6.07, 6.45) is 1.06. The van der Waals surface area contributed by atoms with E-state index in [0.717, 1.165) is 6.54 Å². The third-order valence-corrected chi connectivity index (χ3v) is 5.43. The molecule has 0 spiro atoms. The third kappa shape index (κ3) is 7.03. The number of aryl methyl sites for hydroxylation is 1. The standard InChI is InChI=1S/C18H22ClN3O3S.ClH/c1-13-8-9-15(21-18(23)7-4-10-20-2)12-17(13)26(24,25)22-16-6-3-5-14(19)11-16;/h3,5-6,8-9,11-12,20,22H,4,7,10H2,1-2H3,(H,21,23);1H. The maximum atomic E-state index is 12.7. The van der Waals surface area contributed by atoms with Crippen LogP contribution in [0.25, 0.3) is 0 Å². The van der Waals surface area contributed by atoms with Crippen LogP contribution >= 0.6 is 24.0 Å². The Morgan fingerprint density at radius 1 is 1.11 bits per heavy atom. The fourth-order valence-electron chi connectivity index (χ4n) is 2.38. The van der Waals surface area contributed by atoms with Gasteiger partial charge >= 0.3 is 0 Å². The zero-order valence-corrected chi connectivity index (χ0v) is 17.5. The fraction of sp³-hybridized carbons (Fsp3) is 0.278. The Kier molecular flexibility index (Phi) is 9.05. The molecule has 2 aromatic carbocycles. The molecule has 0 aliphatic rings. The van der Waals surface area contributed by atoms with Crippen molar-refractivity contribution in [1.82, 2.24) is 5.32 Å². The number of halogens is 2. The summed E-state index contributed by atoms with van der Waals surface area (Å²) in [7, 11) is -1.99. The van der Waals surface area contributed by atoms with Crippen LogP contribution in [0.15, 0.2) is 47.4 Å². The Hall–Kier alpha value is -1.80. The van der Waals surface area contributed by atoms with Crippen LogP contribution in [0.2, 0.25) is 5.02 Å². The van der Waals surface area contributed by atoms with Crippen LogP contribution in [0.1, 0.15) is 18.4 Å². The molecular weight excluding hydrogens is 409 g/mol. The second-order valence-corrected chi connectivity index (χ2v) is 7.94. The Morgan fingerprint density at radius 3 is 2.52 bits per heavy atom. The minimum Gasteiger partial charge on any atom is -0.326 e. The topological polar surface area (TPSA) is 87.3 Å². The molecule has 0 saturated heterocycles. The Labute approximate surface area is 171 Å². The molecule has 0 aliphatic heterocycles. The van der Waals surface area contributed by atoms with E-state index in [9.17, 15) is 13.2 Å². The molecule has 0 heterocycles. The lowest BCUT2D eigenvalue weighted by molar-refractivity contribution is -0.116. The van der Waals surface area contributed by atoms with Crippen LogP contribution in [-0.4, -0.2) is 27.9 Å². The number of carbonyl (C=O) groups excluding carboxylic acids is 1. The monoisotopic (exact) mass is 431 g/mol.